The Morgan fingerprint density at radius 1 is 1.17 bits per heavy atom. The number of carbonyl (C=O) groups excluding carboxylic acids is 2. The molecule has 0 aliphatic carbocycles. The Bertz CT molecular complexity index is 880. The minimum atomic E-state index is -4.46. The van der Waals surface area contributed by atoms with E-state index in [2.05, 4.69) is 0 Å². The Hall–Kier alpha value is -2.35. The second-order valence-electron chi connectivity index (χ2n) is 7.57. The molecule has 0 N–H and O–H groups in total. The summed E-state index contributed by atoms with van der Waals surface area (Å²) < 4.78 is 39.6. The molecule has 1 aliphatic rings. The molecule has 2 unspecified atom stereocenters. The predicted molar refractivity (Wildman–Crippen MR) is 106 cm³/mol. The van der Waals surface area contributed by atoms with E-state index in [1.54, 1.807) is 40.4 Å². The van der Waals surface area contributed by atoms with Gasteiger partial charge in [0.05, 0.1) is 16.4 Å². The Morgan fingerprint density at radius 2 is 1.90 bits per heavy atom. The summed E-state index contributed by atoms with van der Waals surface area (Å²) in [7, 11) is 1.68. The molecule has 0 saturated carbocycles. The molecule has 1 fully saturated rings. The number of hydrogen-bond acceptors (Lipinski definition) is 3. The molecule has 2 atom stereocenters. The quantitative estimate of drug-likeness (QED) is 0.726. The molecule has 4 nitrogen and oxygen atoms in total. The number of halogens is 3. The van der Waals surface area contributed by atoms with Crippen LogP contribution in [0.25, 0.3) is 0 Å². The number of nitrogens with zero attached hydrogens (tertiary/aromatic N) is 2. The second-order valence-corrected chi connectivity index (χ2v) is 8.51. The van der Waals surface area contributed by atoms with Gasteiger partial charge in [-0.05, 0) is 36.9 Å². The summed E-state index contributed by atoms with van der Waals surface area (Å²) >= 11 is 1.31. The van der Waals surface area contributed by atoms with Crippen LogP contribution in [-0.2, 0) is 11.0 Å². The van der Waals surface area contributed by atoms with E-state index in [0.717, 1.165) is 12.1 Å². The molecule has 2 aromatic rings. The van der Waals surface area contributed by atoms with Crippen molar-refractivity contribution < 1.29 is 22.8 Å². The van der Waals surface area contributed by atoms with Crippen LogP contribution in [0.1, 0.15) is 40.6 Å². The largest absolute Gasteiger partial charge is 0.416 e. The van der Waals surface area contributed by atoms with Crippen LogP contribution in [-0.4, -0.2) is 47.8 Å². The van der Waals surface area contributed by atoms with Crippen LogP contribution >= 0.6 is 11.3 Å². The van der Waals surface area contributed by atoms with E-state index in [0.29, 0.717) is 10.4 Å². The monoisotopic (exact) mass is 424 g/mol. The number of rotatable bonds is 4. The molecular formula is C21H23F3N2O2S. The minimum Gasteiger partial charge on any atom is -0.343 e. The lowest BCUT2D eigenvalue weighted by atomic mass is 9.87. The van der Waals surface area contributed by atoms with Crippen LogP contribution in [0.3, 0.4) is 0 Å². The molecule has 156 valence electrons. The van der Waals surface area contributed by atoms with Crippen molar-refractivity contribution in [2.24, 2.45) is 5.92 Å². The minimum absolute atomic E-state index is 0.0493. The Balaban J connectivity index is 1.95. The number of alkyl halides is 3. The van der Waals surface area contributed by atoms with E-state index in [4.69, 9.17) is 0 Å². The fourth-order valence-corrected chi connectivity index (χ4v) is 4.27. The third-order valence-corrected chi connectivity index (χ3v) is 6.28. The number of hydrogen-bond donors (Lipinski definition) is 0. The van der Waals surface area contributed by atoms with Crippen molar-refractivity contribution in [3.05, 3.63) is 57.8 Å². The van der Waals surface area contributed by atoms with Crippen molar-refractivity contribution in [1.29, 1.82) is 0 Å². The predicted octanol–water partition coefficient (Wildman–Crippen LogP) is 4.49. The first-order chi connectivity index (χ1) is 13.6. The van der Waals surface area contributed by atoms with Crippen molar-refractivity contribution in [3.8, 4) is 0 Å². The lowest BCUT2D eigenvalue weighted by Gasteiger charge is -2.27. The molecular weight excluding hydrogens is 401 g/mol. The summed E-state index contributed by atoms with van der Waals surface area (Å²) in [4.78, 5) is 29.6. The molecule has 3 rings (SSSR count). The van der Waals surface area contributed by atoms with Gasteiger partial charge < -0.3 is 9.80 Å². The Morgan fingerprint density at radius 3 is 2.48 bits per heavy atom. The fourth-order valence-electron chi connectivity index (χ4n) is 3.58. The van der Waals surface area contributed by atoms with Gasteiger partial charge in [0.15, 0.2) is 0 Å². The lowest BCUT2D eigenvalue weighted by molar-refractivity contribution is -0.137. The first-order valence-corrected chi connectivity index (χ1v) is 10.2. The molecule has 0 spiro atoms. The Labute approximate surface area is 171 Å². The number of carbonyl (C=O) groups is 2. The van der Waals surface area contributed by atoms with Gasteiger partial charge in [0, 0.05) is 32.1 Å². The van der Waals surface area contributed by atoms with Gasteiger partial charge in [-0.2, -0.15) is 13.2 Å². The zero-order chi connectivity index (χ0) is 21.3. The molecule has 8 heteroatoms. The van der Waals surface area contributed by atoms with Gasteiger partial charge in [-0.15, -0.1) is 11.3 Å². The van der Waals surface area contributed by atoms with Crippen molar-refractivity contribution in [2.75, 3.05) is 20.1 Å². The molecule has 1 aliphatic heterocycles. The zero-order valence-electron chi connectivity index (χ0n) is 16.4. The van der Waals surface area contributed by atoms with E-state index in [1.807, 2.05) is 13.8 Å². The lowest BCUT2D eigenvalue weighted by Crippen LogP contribution is -2.40. The summed E-state index contributed by atoms with van der Waals surface area (Å²) in [6, 6.07) is 8.51. The van der Waals surface area contributed by atoms with Gasteiger partial charge >= 0.3 is 6.18 Å². The van der Waals surface area contributed by atoms with Gasteiger partial charge in [-0.3, -0.25) is 9.59 Å². The van der Waals surface area contributed by atoms with E-state index in [9.17, 15) is 22.8 Å². The zero-order valence-corrected chi connectivity index (χ0v) is 17.3. The Kier molecular flexibility index (Phi) is 6.03. The van der Waals surface area contributed by atoms with Gasteiger partial charge in [0.1, 0.15) is 0 Å². The third-order valence-electron chi connectivity index (χ3n) is 5.42. The smallest absolute Gasteiger partial charge is 0.343 e. The molecule has 2 amide bonds. The maximum Gasteiger partial charge on any atom is 0.416 e. The highest BCUT2D eigenvalue weighted by Crippen LogP contribution is 2.38. The standard InChI is InChI=1S/C21H23F3N2O2S/c1-13(2)25(3)19(27)17-12-26(20(28)18-8-5-9-29-18)11-16(17)14-6-4-7-15(10-14)21(22,23)24/h4-10,13,16-17H,11-12H2,1-3H3. The summed E-state index contributed by atoms with van der Waals surface area (Å²) in [6.45, 7) is 4.15. The number of likely N-dealkylation sites (tertiary alicyclic amines) is 1. The number of thiophene rings is 1. The number of amides is 2. The highest BCUT2D eigenvalue weighted by Gasteiger charge is 2.43. The van der Waals surface area contributed by atoms with Crippen LogP contribution in [0.5, 0.6) is 0 Å². The van der Waals surface area contributed by atoms with Crippen LogP contribution < -0.4 is 0 Å². The van der Waals surface area contributed by atoms with E-state index >= 15 is 0 Å². The van der Waals surface area contributed by atoms with Crippen LogP contribution in [0, 0.1) is 5.92 Å². The maximum absolute atomic E-state index is 13.2. The topological polar surface area (TPSA) is 40.6 Å². The highest BCUT2D eigenvalue weighted by atomic mass is 32.1. The van der Waals surface area contributed by atoms with Crippen molar-refractivity contribution >= 4 is 23.2 Å². The average Bonchev–Trinajstić information content (AvgIpc) is 3.35. The van der Waals surface area contributed by atoms with Crippen molar-refractivity contribution in [2.45, 2.75) is 32.0 Å². The molecule has 0 bridgehead atoms. The van der Waals surface area contributed by atoms with E-state index in [1.165, 1.54) is 17.4 Å². The second kappa shape index (κ2) is 8.18. The van der Waals surface area contributed by atoms with Crippen LogP contribution in [0.4, 0.5) is 13.2 Å². The average molecular weight is 424 g/mol. The highest BCUT2D eigenvalue weighted by molar-refractivity contribution is 7.12. The summed E-state index contributed by atoms with van der Waals surface area (Å²) in [6.07, 6.45) is -4.46. The first kappa shape index (κ1) is 21.4. The van der Waals surface area contributed by atoms with Crippen molar-refractivity contribution in [1.82, 2.24) is 9.80 Å². The molecule has 29 heavy (non-hydrogen) atoms. The van der Waals surface area contributed by atoms with E-state index in [-0.39, 0.29) is 30.9 Å². The fraction of sp³-hybridized carbons (Fsp3) is 0.429. The maximum atomic E-state index is 13.2. The van der Waals surface area contributed by atoms with Gasteiger partial charge in [0.2, 0.25) is 5.91 Å². The molecule has 1 saturated heterocycles. The van der Waals surface area contributed by atoms with Gasteiger partial charge in [0.25, 0.3) is 5.91 Å². The SMILES string of the molecule is CC(C)N(C)C(=O)C1CN(C(=O)c2cccs2)CC1c1cccc(C(F)(F)F)c1. The first-order valence-electron chi connectivity index (χ1n) is 9.36. The van der Waals surface area contributed by atoms with Gasteiger partial charge in [-0.1, -0.05) is 24.3 Å². The van der Waals surface area contributed by atoms with Gasteiger partial charge in [-0.25, -0.2) is 0 Å². The molecule has 2 heterocycles. The molecule has 0 radical (unpaired) electrons. The molecule has 1 aromatic heterocycles. The normalized spacial score (nSPS) is 19.6. The van der Waals surface area contributed by atoms with Crippen molar-refractivity contribution in [3.63, 3.8) is 0 Å². The third kappa shape index (κ3) is 4.47. The van der Waals surface area contributed by atoms with E-state index < -0.39 is 23.6 Å². The number of benzene rings is 1. The molecule has 1 aromatic carbocycles. The summed E-state index contributed by atoms with van der Waals surface area (Å²) in [5.41, 5.74) is -0.321. The van der Waals surface area contributed by atoms with Crippen LogP contribution in [0.15, 0.2) is 41.8 Å². The van der Waals surface area contributed by atoms with Crippen LogP contribution in [0.2, 0.25) is 0 Å². The summed E-state index contributed by atoms with van der Waals surface area (Å²) in [5.74, 6) is -1.44. The summed E-state index contributed by atoms with van der Waals surface area (Å²) in [5, 5.41) is 1.79.